The Labute approximate surface area is 167 Å². The average Bonchev–Trinajstić information content (AvgIpc) is 2.94. The van der Waals surface area contributed by atoms with Crippen molar-refractivity contribution in [1.82, 2.24) is 9.78 Å². The van der Waals surface area contributed by atoms with Crippen molar-refractivity contribution in [3.63, 3.8) is 0 Å². The number of nitro groups is 1. The van der Waals surface area contributed by atoms with Gasteiger partial charge in [0.1, 0.15) is 5.82 Å². The zero-order valence-electron chi connectivity index (χ0n) is 15.8. The highest BCUT2D eigenvalue weighted by atomic mass is 16.6. The molecule has 0 radical (unpaired) electrons. The highest BCUT2D eigenvalue weighted by molar-refractivity contribution is 5.87. The van der Waals surface area contributed by atoms with Crippen molar-refractivity contribution >= 4 is 22.3 Å². The van der Waals surface area contributed by atoms with Crippen molar-refractivity contribution in [2.45, 2.75) is 19.3 Å². The Morgan fingerprint density at radius 1 is 0.966 bits per heavy atom. The molecule has 29 heavy (non-hydrogen) atoms. The summed E-state index contributed by atoms with van der Waals surface area (Å²) in [6.07, 6.45) is 3.16. The third-order valence-corrected chi connectivity index (χ3v) is 5.46. The van der Waals surface area contributed by atoms with Gasteiger partial charge < -0.3 is 5.32 Å². The van der Waals surface area contributed by atoms with E-state index in [2.05, 4.69) is 35.6 Å². The number of benzene rings is 3. The summed E-state index contributed by atoms with van der Waals surface area (Å²) in [6.45, 7) is 0.892. The summed E-state index contributed by atoms with van der Waals surface area (Å²) >= 11 is 0. The third-order valence-electron chi connectivity index (χ3n) is 5.46. The lowest BCUT2D eigenvalue weighted by molar-refractivity contribution is -0.384. The predicted octanol–water partition coefficient (Wildman–Crippen LogP) is 5.35. The first-order valence-corrected chi connectivity index (χ1v) is 9.80. The summed E-state index contributed by atoms with van der Waals surface area (Å²) in [5.74, 6) is 0.986. The molecule has 0 saturated carbocycles. The SMILES string of the molecule is O=[N+]([O-])c1ccc(-n2nc(-c3ccc4ccccc4c3)c3c2NCCCC3)cc1. The van der Waals surface area contributed by atoms with Crippen molar-refractivity contribution in [1.29, 1.82) is 0 Å². The fourth-order valence-electron chi connectivity index (χ4n) is 3.97. The number of anilines is 1. The minimum atomic E-state index is -0.383. The first kappa shape index (κ1) is 17.4. The smallest absolute Gasteiger partial charge is 0.269 e. The van der Waals surface area contributed by atoms with Crippen LogP contribution in [0.1, 0.15) is 18.4 Å². The number of nitro benzene ring substituents is 1. The molecule has 0 bridgehead atoms. The fraction of sp³-hybridized carbons (Fsp3) is 0.174. The summed E-state index contributed by atoms with van der Waals surface area (Å²) in [6, 6.07) is 21.3. The molecule has 0 spiro atoms. The van der Waals surface area contributed by atoms with E-state index in [9.17, 15) is 10.1 Å². The standard InChI is InChI=1S/C23H20N4O2/c28-27(29)20-12-10-19(11-13-20)26-23-21(7-3-4-14-24-23)22(25-26)18-9-8-16-5-1-2-6-17(16)15-18/h1-2,5-6,8-13,15,24H,3-4,7,14H2. The number of nitrogens with one attached hydrogen (secondary N) is 1. The van der Waals surface area contributed by atoms with Gasteiger partial charge in [-0.25, -0.2) is 4.68 Å². The van der Waals surface area contributed by atoms with E-state index in [1.165, 1.54) is 28.5 Å². The Morgan fingerprint density at radius 3 is 2.55 bits per heavy atom. The Kier molecular flexibility index (Phi) is 4.24. The van der Waals surface area contributed by atoms with Crippen LogP contribution in [0, 0.1) is 10.1 Å². The number of hydrogen-bond acceptors (Lipinski definition) is 4. The second-order valence-electron chi connectivity index (χ2n) is 7.31. The maximum Gasteiger partial charge on any atom is 0.269 e. The van der Waals surface area contributed by atoms with Gasteiger partial charge in [-0.05, 0) is 48.2 Å². The van der Waals surface area contributed by atoms with Gasteiger partial charge >= 0.3 is 0 Å². The predicted molar refractivity (Wildman–Crippen MR) is 115 cm³/mol. The van der Waals surface area contributed by atoms with Gasteiger partial charge in [-0.1, -0.05) is 36.4 Å². The van der Waals surface area contributed by atoms with Crippen LogP contribution in [0.5, 0.6) is 0 Å². The van der Waals surface area contributed by atoms with Crippen LogP contribution in [-0.4, -0.2) is 21.2 Å². The zero-order chi connectivity index (χ0) is 19.8. The Hall–Kier alpha value is -3.67. The van der Waals surface area contributed by atoms with Crippen molar-refractivity contribution in [2.75, 3.05) is 11.9 Å². The van der Waals surface area contributed by atoms with Gasteiger partial charge in [0.25, 0.3) is 5.69 Å². The van der Waals surface area contributed by atoms with Crippen molar-refractivity contribution in [3.05, 3.63) is 82.4 Å². The van der Waals surface area contributed by atoms with Crippen LogP contribution < -0.4 is 5.32 Å². The van der Waals surface area contributed by atoms with Crippen LogP contribution in [0.4, 0.5) is 11.5 Å². The molecule has 0 unspecified atom stereocenters. The summed E-state index contributed by atoms with van der Waals surface area (Å²) in [4.78, 5) is 10.6. The number of rotatable bonds is 3. The molecule has 144 valence electrons. The first-order valence-electron chi connectivity index (χ1n) is 9.80. The Bertz CT molecular complexity index is 1210. The van der Waals surface area contributed by atoms with Crippen LogP contribution in [0.25, 0.3) is 27.7 Å². The summed E-state index contributed by atoms with van der Waals surface area (Å²) in [5.41, 5.74) is 4.15. The van der Waals surface area contributed by atoms with Gasteiger partial charge in [0.15, 0.2) is 0 Å². The number of non-ortho nitro benzene ring substituents is 1. The van der Waals surface area contributed by atoms with Crippen molar-refractivity contribution < 1.29 is 4.92 Å². The second kappa shape index (κ2) is 7.05. The number of fused-ring (bicyclic) bond motifs is 2. The van der Waals surface area contributed by atoms with E-state index in [0.717, 1.165) is 48.6 Å². The van der Waals surface area contributed by atoms with E-state index in [0.29, 0.717) is 0 Å². The molecule has 1 aromatic heterocycles. The van der Waals surface area contributed by atoms with E-state index < -0.39 is 0 Å². The van der Waals surface area contributed by atoms with Crippen LogP contribution in [0.15, 0.2) is 66.7 Å². The zero-order valence-corrected chi connectivity index (χ0v) is 15.8. The van der Waals surface area contributed by atoms with E-state index >= 15 is 0 Å². The van der Waals surface area contributed by atoms with Gasteiger partial charge in [0, 0.05) is 29.8 Å². The molecule has 5 rings (SSSR count). The molecule has 0 fully saturated rings. The van der Waals surface area contributed by atoms with Crippen LogP contribution >= 0.6 is 0 Å². The Morgan fingerprint density at radius 2 is 1.76 bits per heavy atom. The molecule has 0 amide bonds. The lowest BCUT2D eigenvalue weighted by Gasteiger charge is -2.09. The largest absolute Gasteiger partial charge is 0.370 e. The van der Waals surface area contributed by atoms with Crippen LogP contribution in [0.3, 0.4) is 0 Å². The van der Waals surface area contributed by atoms with Gasteiger partial charge in [0.05, 0.1) is 16.3 Å². The molecular weight excluding hydrogens is 364 g/mol. The van der Waals surface area contributed by atoms with Crippen molar-refractivity contribution in [2.24, 2.45) is 0 Å². The quantitative estimate of drug-likeness (QED) is 0.382. The van der Waals surface area contributed by atoms with E-state index in [4.69, 9.17) is 5.10 Å². The first-order chi connectivity index (χ1) is 14.2. The third kappa shape index (κ3) is 3.12. The van der Waals surface area contributed by atoms with E-state index in [1.54, 1.807) is 12.1 Å². The maximum atomic E-state index is 11.0. The normalized spacial score (nSPS) is 13.5. The van der Waals surface area contributed by atoms with E-state index in [-0.39, 0.29) is 10.6 Å². The van der Waals surface area contributed by atoms with Gasteiger partial charge in [-0.3, -0.25) is 10.1 Å². The van der Waals surface area contributed by atoms with E-state index in [1.807, 2.05) is 16.8 Å². The molecule has 6 nitrogen and oxygen atoms in total. The average molecular weight is 384 g/mol. The van der Waals surface area contributed by atoms with Gasteiger partial charge in [0.2, 0.25) is 0 Å². The second-order valence-corrected chi connectivity index (χ2v) is 7.31. The molecule has 0 aliphatic carbocycles. The summed E-state index contributed by atoms with van der Waals surface area (Å²) < 4.78 is 1.88. The highest BCUT2D eigenvalue weighted by Crippen LogP contribution is 2.35. The molecule has 2 heterocycles. The molecule has 3 aromatic carbocycles. The molecule has 6 heteroatoms. The van der Waals surface area contributed by atoms with Gasteiger partial charge in [-0.15, -0.1) is 0 Å². The molecular formula is C23H20N4O2. The minimum Gasteiger partial charge on any atom is -0.370 e. The molecule has 0 saturated heterocycles. The molecule has 1 N–H and O–H groups in total. The molecule has 1 aliphatic rings. The lowest BCUT2D eigenvalue weighted by Crippen LogP contribution is -2.07. The summed E-state index contributed by atoms with van der Waals surface area (Å²) in [5, 5.41) is 21.8. The fourth-order valence-corrected chi connectivity index (χ4v) is 3.97. The lowest BCUT2D eigenvalue weighted by atomic mass is 10.0. The highest BCUT2D eigenvalue weighted by Gasteiger charge is 2.22. The van der Waals surface area contributed by atoms with Crippen LogP contribution in [0.2, 0.25) is 0 Å². The molecule has 0 atom stereocenters. The topological polar surface area (TPSA) is 73.0 Å². The molecule has 1 aliphatic heterocycles. The monoisotopic (exact) mass is 384 g/mol. The summed E-state index contributed by atoms with van der Waals surface area (Å²) in [7, 11) is 0. The minimum absolute atomic E-state index is 0.0784. The van der Waals surface area contributed by atoms with Crippen molar-refractivity contribution in [3.8, 4) is 16.9 Å². The van der Waals surface area contributed by atoms with Crippen LogP contribution in [-0.2, 0) is 6.42 Å². The Balaban J connectivity index is 1.66. The number of hydrogen-bond donors (Lipinski definition) is 1. The van der Waals surface area contributed by atoms with Gasteiger partial charge in [-0.2, -0.15) is 5.10 Å². The number of aromatic nitrogens is 2. The number of nitrogens with zero attached hydrogens (tertiary/aromatic N) is 3. The maximum absolute atomic E-state index is 11.0. The molecule has 4 aromatic rings.